The molecule has 1 aromatic carbocycles. The lowest BCUT2D eigenvalue weighted by molar-refractivity contribution is 0.628. The van der Waals surface area contributed by atoms with E-state index < -0.39 is 0 Å². The van der Waals surface area contributed by atoms with E-state index in [0.717, 1.165) is 29.4 Å². The summed E-state index contributed by atoms with van der Waals surface area (Å²) in [4.78, 5) is 10.4. The van der Waals surface area contributed by atoms with Gasteiger partial charge in [0, 0.05) is 24.8 Å². The van der Waals surface area contributed by atoms with Crippen molar-refractivity contribution in [3.63, 3.8) is 0 Å². The van der Waals surface area contributed by atoms with Gasteiger partial charge < -0.3 is 10.2 Å². The molecule has 2 aromatic rings. The van der Waals surface area contributed by atoms with Gasteiger partial charge in [-0.2, -0.15) is 0 Å². The summed E-state index contributed by atoms with van der Waals surface area (Å²) in [7, 11) is 1.90. The number of rotatable bonds is 4. The van der Waals surface area contributed by atoms with Crippen molar-refractivity contribution in [2.45, 2.75) is 13.8 Å². The Morgan fingerprint density at radius 1 is 1.21 bits per heavy atom. The van der Waals surface area contributed by atoms with Crippen molar-refractivity contribution in [3.8, 4) is 0 Å². The fraction of sp³-hybridized carbons (Fsp3) is 0.286. The highest BCUT2D eigenvalue weighted by Crippen LogP contribution is 2.27. The van der Waals surface area contributed by atoms with Crippen molar-refractivity contribution < 1.29 is 4.39 Å². The zero-order valence-corrected chi connectivity index (χ0v) is 11.3. The topological polar surface area (TPSA) is 41.1 Å². The van der Waals surface area contributed by atoms with Gasteiger partial charge in [-0.3, -0.25) is 0 Å². The molecule has 0 aliphatic carbocycles. The maximum absolute atomic E-state index is 12.9. The van der Waals surface area contributed by atoms with Gasteiger partial charge in [0.05, 0.1) is 0 Å². The van der Waals surface area contributed by atoms with Gasteiger partial charge in [0.15, 0.2) is 0 Å². The van der Waals surface area contributed by atoms with E-state index in [1.807, 2.05) is 25.8 Å². The van der Waals surface area contributed by atoms with Crippen LogP contribution in [-0.2, 0) is 0 Å². The maximum atomic E-state index is 12.9. The number of nitrogens with one attached hydrogen (secondary N) is 1. The first-order chi connectivity index (χ1) is 9.13. The summed E-state index contributed by atoms with van der Waals surface area (Å²) in [5.41, 5.74) is 1.85. The zero-order valence-electron chi connectivity index (χ0n) is 11.3. The molecular weight excluding hydrogens is 243 g/mol. The summed E-state index contributed by atoms with van der Waals surface area (Å²) in [6.45, 7) is 4.79. The summed E-state index contributed by atoms with van der Waals surface area (Å²) in [5.74, 6) is 1.38. The summed E-state index contributed by atoms with van der Waals surface area (Å²) in [6, 6.07) is 6.33. The lowest BCUT2D eigenvalue weighted by atomic mass is 10.2. The Hall–Kier alpha value is -2.17. The SMILES string of the molecule is CCNc1ncnc(N(C)c2ccc(F)cc2)c1C. The molecule has 19 heavy (non-hydrogen) atoms. The number of aromatic nitrogens is 2. The van der Waals surface area contributed by atoms with Gasteiger partial charge in [-0.15, -0.1) is 0 Å². The Bertz CT molecular complexity index is 554. The van der Waals surface area contributed by atoms with Crippen molar-refractivity contribution in [3.05, 3.63) is 42.0 Å². The Kier molecular flexibility index (Phi) is 3.94. The van der Waals surface area contributed by atoms with Gasteiger partial charge in [-0.25, -0.2) is 14.4 Å². The minimum Gasteiger partial charge on any atom is -0.370 e. The van der Waals surface area contributed by atoms with Crippen LogP contribution < -0.4 is 10.2 Å². The molecule has 1 heterocycles. The molecule has 0 unspecified atom stereocenters. The van der Waals surface area contributed by atoms with E-state index in [1.54, 1.807) is 12.1 Å². The number of benzene rings is 1. The van der Waals surface area contributed by atoms with Crippen LogP contribution in [-0.4, -0.2) is 23.6 Å². The Balaban J connectivity index is 2.35. The molecule has 0 radical (unpaired) electrons. The monoisotopic (exact) mass is 260 g/mol. The summed E-state index contributed by atoms with van der Waals surface area (Å²) in [5, 5.41) is 3.19. The molecule has 100 valence electrons. The van der Waals surface area contributed by atoms with Crippen molar-refractivity contribution in [1.29, 1.82) is 0 Å². The first-order valence-electron chi connectivity index (χ1n) is 6.18. The first kappa shape index (κ1) is 13.3. The second-order valence-electron chi connectivity index (χ2n) is 4.24. The fourth-order valence-corrected chi connectivity index (χ4v) is 1.91. The van der Waals surface area contributed by atoms with E-state index in [4.69, 9.17) is 0 Å². The third-order valence-electron chi connectivity index (χ3n) is 2.93. The quantitative estimate of drug-likeness (QED) is 0.917. The lowest BCUT2D eigenvalue weighted by Gasteiger charge is -2.21. The predicted molar refractivity (Wildman–Crippen MR) is 75.4 cm³/mol. The van der Waals surface area contributed by atoms with Crippen LogP contribution >= 0.6 is 0 Å². The number of hydrogen-bond donors (Lipinski definition) is 1. The average molecular weight is 260 g/mol. The second-order valence-corrected chi connectivity index (χ2v) is 4.24. The number of anilines is 3. The van der Waals surface area contributed by atoms with Gasteiger partial charge in [0.2, 0.25) is 0 Å². The van der Waals surface area contributed by atoms with Crippen LogP contribution in [0.5, 0.6) is 0 Å². The van der Waals surface area contributed by atoms with Crippen molar-refractivity contribution in [2.75, 3.05) is 23.8 Å². The van der Waals surface area contributed by atoms with E-state index in [0.29, 0.717) is 0 Å². The standard InChI is InChI=1S/C14H17FN4/c1-4-16-13-10(2)14(18-9-17-13)19(3)12-7-5-11(15)6-8-12/h5-9H,4H2,1-3H3,(H,16,17,18). The molecule has 0 saturated carbocycles. The Labute approximate surface area is 112 Å². The van der Waals surface area contributed by atoms with Crippen LogP contribution in [0, 0.1) is 12.7 Å². The van der Waals surface area contributed by atoms with Crippen LogP contribution in [0.3, 0.4) is 0 Å². The van der Waals surface area contributed by atoms with E-state index in [1.165, 1.54) is 18.5 Å². The fourth-order valence-electron chi connectivity index (χ4n) is 1.91. The molecule has 0 bridgehead atoms. The number of nitrogens with zero attached hydrogens (tertiary/aromatic N) is 3. The van der Waals surface area contributed by atoms with Crippen LogP contribution in [0.1, 0.15) is 12.5 Å². The Morgan fingerprint density at radius 2 is 1.89 bits per heavy atom. The summed E-state index contributed by atoms with van der Waals surface area (Å²) < 4.78 is 12.9. The van der Waals surface area contributed by atoms with Gasteiger partial charge >= 0.3 is 0 Å². The van der Waals surface area contributed by atoms with Crippen LogP contribution in [0.15, 0.2) is 30.6 Å². The molecule has 5 heteroatoms. The normalized spacial score (nSPS) is 10.3. The Morgan fingerprint density at radius 3 is 2.53 bits per heavy atom. The van der Waals surface area contributed by atoms with Gasteiger partial charge in [0.25, 0.3) is 0 Å². The average Bonchev–Trinajstić information content (AvgIpc) is 2.41. The molecule has 0 aliphatic rings. The van der Waals surface area contributed by atoms with Crippen LogP contribution in [0.2, 0.25) is 0 Å². The van der Waals surface area contributed by atoms with Crippen molar-refractivity contribution in [1.82, 2.24) is 9.97 Å². The van der Waals surface area contributed by atoms with E-state index in [-0.39, 0.29) is 5.82 Å². The minimum atomic E-state index is -0.245. The zero-order chi connectivity index (χ0) is 13.8. The molecular formula is C14H17FN4. The van der Waals surface area contributed by atoms with Crippen molar-refractivity contribution in [2.24, 2.45) is 0 Å². The first-order valence-corrected chi connectivity index (χ1v) is 6.18. The lowest BCUT2D eigenvalue weighted by Crippen LogP contribution is -2.14. The molecule has 0 atom stereocenters. The summed E-state index contributed by atoms with van der Waals surface area (Å²) in [6.07, 6.45) is 1.53. The van der Waals surface area contributed by atoms with Crippen LogP contribution in [0.25, 0.3) is 0 Å². The molecule has 0 spiro atoms. The van der Waals surface area contributed by atoms with Gasteiger partial charge in [-0.1, -0.05) is 0 Å². The van der Waals surface area contributed by atoms with E-state index >= 15 is 0 Å². The molecule has 0 amide bonds. The van der Waals surface area contributed by atoms with E-state index in [2.05, 4.69) is 15.3 Å². The molecule has 1 N–H and O–H groups in total. The molecule has 4 nitrogen and oxygen atoms in total. The number of hydrogen-bond acceptors (Lipinski definition) is 4. The highest BCUT2D eigenvalue weighted by molar-refractivity contribution is 5.66. The van der Waals surface area contributed by atoms with Gasteiger partial charge in [-0.05, 0) is 38.1 Å². The summed E-state index contributed by atoms with van der Waals surface area (Å²) >= 11 is 0. The molecule has 1 aromatic heterocycles. The molecule has 0 saturated heterocycles. The third kappa shape index (κ3) is 2.81. The van der Waals surface area contributed by atoms with Crippen molar-refractivity contribution >= 4 is 17.3 Å². The minimum absolute atomic E-state index is 0.245. The van der Waals surface area contributed by atoms with Crippen LogP contribution in [0.4, 0.5) is 21.7 Å². The van der Waals surface area contributed by atoms with Gasteiger partial charge in [0.1, 0.15) is 23.8 Å². The third-order valence-corrected chi connectivity index (χ3v) is 2.93. The van der Waals surface area contributed by atoms with E-state index in [9.17, 15) is 4.39 Å². The predicted octanol–water partition coefficient (Wildman–Crippen LogP) is 3.12. The highest BCUT2D eigenvalue weighted by atomic mass is 19.1. The largest absolute Gasteiger partial charge is 0.370 e. The maximum Gasteiger partial charge on any atom is 0.141 e. The molecule has 0 aliphatic heterocycles. The molecule has 0 fully saturated rings. The smallest absolute Gasteiger partial charge is 0.141 e. The highest BCUT2D eigenvalue weighted by Gasteiger charge is 2.12. The second kappa shape index (κ2) is 5.65. The number of halogens is 1. The molecule has 2 rings (SSSR count).